The van der Waals surface area contributed by atoms with Gasteiger partial charge in [0, 0.05) is 4.88 Å². The highest BCUT2D eigenvalue weighted by molar-refractivity contribution is 7.09. The number of fused-ring (bicyclic) bond motifs is 3. The molecule has 0 bridgehead atoms. The molecule has 2 saturated heterocycles. The highest BCUT2D eigenvalue weighted by Crippen LogP contribution is 2.52. The lowest BCUT2D eigenvalue weighted by atomic mass is 9.57. The molecular formula is C33H42BNO5S. The molecule has 2 amide bonds. The third-order valence-electron chi connectivity index (χ3n) is 9.11. The van der Waals surface area contributed by atoms with E-state index in [1.165, 1.54) is 16.0 Å². The minimum absolute atomic E-state index is 0.0734. The molecule has 0 radical (unpaired) electrons. The number of allylic oxidation sites excluding steroid dienone is 2. The molecule has 1 aromatic carbocycles. The maximum Gasteiger partial charge on any atom is 0.455 e. The van der Waals surface area contributed by atoms with Gasteiger partial charge in [-0.25, -0.2) is 0 Å². The van der Waals surface area contributed by atoms with Crippen LogP contribution < -0.4 is 0 Å². The van der Waals surface area contributed by atoms with Gasteiger partial charge in [0.05, 0.1) is 24.5 Å². The first-order chi connectivity index (χ1) is 19.6. The molecule has 2 aromatic rings. The Morgan fingerprint density at radius 2 is 1.90 bits per heavy atom. The second-order valence-electron chi connectivity index (χ2n) is 12.3. The van der Waals surface area contributed by atoms with E-state index in [2.05, 4.69) is 26.8 Å². The summed E-state index contributed by atoms with van der Waals surface area (Å²) in [5.74, 6) is -0.603. The lowest BCUT2D eigenvalue weighted by molar-refractivity contribution is -0.140. The second kappa shape index (κ2) is 12.3. The number of benzene rings is 1. The lowest BCUT2D eigenvalue weighted by Gasteiger charge is -2.44. The second-order valence-corrected chi connectivity index (χ2v) is 13.4. The fraction of sp³-hybridized carbons (Fsp3) is 0.515. The standard InChI is InChI=1S/C33H42BNO5S/c1-6-8-22(15-23-13-20(4)31(36)21(5)14-23)10-11-28-29-25(19(2)3)16-26-30(27(29)17-34(39)40-28)33(38)35(32(26)37)18-24-9-7-12-41-24/h7,9,12-15,19,26-28,30,36,39H,6,8,10-11,16-18H2,1-5H3/b22-15+/t26-,27+,28-,30-/m1/s1. The zero-order chi connectivity index (χ0) is 29.4. The average Bonchev–Trinajstić information content (AvgIpc) is 3.52. The van der Waals surface area contributed by atoms with E-state index < -0.39 is 13.0 Å². The highest BCUT2D eigenvalue weighted by Gasteiger charge is 2.57. The Labute approximate surface area is 248 Å². The summed E-state index contributed by atoms with van der Waals surface area (Å²) < 4.78 is 6.22. The molecule has 5 rings (SSSR count). The van der Waals surface area contributed by atoms with Crippen LogP contribution in [-0.2, 0) is 20.8 Å². The number of imide groups is 1. The van der Waals surface area contributed by atoms with E-state index in [0.29, 0.717) is 31.5 Å². The molecule has 4 atom stereocenters. The molecule has 3 aliphatic rings. The van der Waals surface area contributed by atoms with Crippen molar-refractivity contribution in [1.29, 1.82) is 0 Å². The number of rotatable bonds is 9. The van der Waals surface area contributed by atoms with Gasteiger partial charge in [0.1, 0.15) is 5.75 Å². The van der Waals surface area contributed by atoms with Gasteiger partial charge in [-0.3, -0.25) is 14.5 Å². The van der Waals surface area contributed by atoms with E-state index in [1.807, 2.05) is 43.5 Å². The summed E-state index contributed by atoms with van der Waals surface area (Å²) in [6.45, 7) is 10.6. The molecular weight excluding hydrogens is 533 g/mol. The Bertz CT molecular complexity index is 1340. The molecule has 0 spiro atoms. The van der Waals surface area contributed by atoms with Crippen molar-refractivity contribution in [2.24, 2.45) is 23.7 Å². The highest BCUT2D eigenvalue weighted by atomic mass is 32.1. The number of carbonyl (C=O) groups excluding carboxylic acids is 2. The summed E-state index contributed by atoms with van der Waals surface area (Å²) in [7, 11) is -0.962. The number of carbonyl (C=O) groups is 2. The number of likely N-dealkylation sites (tertiary alicyclic amines) is 1. The van der Waals surface area contributed by atoms with Crippen LogP contribution in [0.1, 0.15) is 74.4 Å². The van der Waals surface area contributed by atoms with Gasteiger partial charge in [0.25, 0.3) is 0 Å². The Hall–Kier alpha value is -2.68. The van der Waals surface area contributed by atoms with Crippen LogP contribution >= 0.6 is 11.3 Å². The summed E-state index contributed by atoms with van der Waals surface area (Å²) in [5, 5.41) is 23.1. The Balaban J connectivity index is 1.42. The number of hydrogen-bond acceptors (Lipinski definition) is 6. The van der Waals surface area contributed by atoms with E-state index in [1.54, 1.807) is 11.3 Å². The van der Waals surface area contributed by atoms with Crippen LogP contribution in [0.3, 0.4) is 0 Å². The van der Waals surface area contributed by atoms with Gasteiger partial charge in [-0.05, 0) is 104 Å². The fourth-order valence-electron chi connectivity index (χ4n) is 7.24. The first-order valence-corrected chi connectivity index (χ1v) is 15.9. The summed E-state index contributed by atoms with van der Waals surface area (Å²) >= 11 is 1.56. The Morgan fingerprint density at radius 1 is 1.17 bits per heavy atom. The number of aryl methyl sites for hydroxylation is 2. The zero-order valence-corrected chi connectivity index (χ0v) is 25.7. The van der Waals surface area contributed by atoms with E-state index >= 15 is 0 Å². The van der Waals surface area contributed by atoms with E-state index in [9.17, 15) is 19.7 Å². The number of aromatic hydroxyl groups is 1. The van der Waals surface area contributed by atoms with Gasteiger partial charge in [-0.15, -0.1) is 11.3 Å². The van der Waals surface area contributed by atoms with Crippen molar-refractivity contribution in [3.05, 3.63) is 67.9 Å². The molecule has 1 aliphatic carbocycles. The summed E-state index contributed by atoms with van der Waals surface area (Å²) in [6.07, 6.45) is 6.33. The number of hydrogen-bond donors (Lipinski definition) is 2. The van der Waals surface area contributed by atoms with Gasteiger partial charge in [0.2, 0.25) is 11.8 Å². The molecule has 2 fully saturated rings. The number of thiophene rings is 1. The lowest BCUT2D eigenvalue weighted by Crippen LogP contribution is -2.46. The van der Waals surface area contributed by atoms with Crippen LogP contribution in [0.15, 0.2) is 46.4 Å². The molecule has 8 heteroatoms. The van der Waals surface area contributed by atoms with E-state index in [4.69, 9.17) is 4.65 Å². The molecule has 218 valence electrons. The first kappa shape index (κ1) is 29.8. The minimum atomic E-state index is -0.962. The predicted octanol–water partition coefficient (Wildman–Crippen LogP) is 6.69. The van der Waals surface area contributed by atoms with E-state index in [-0.39, 0.29) is 35.7 Å². The third-order valence-corrected chi connectivity index (χ3v) is 9.97. The first-order valence-electron chi connectivity index (χ1n) is 15.0. The van der Waals surface area contributed by atoms with Gasteiger partial charge < -0.3 is 14.8 Å². The van der Waals surface area contributed by atoms with Crippen LogP contribution in [0.4, 0.5) is 0 Å². The van der Waals surface area contributed by atoms with Crippen LogP contribution in [-0.4, -0.2) is 40.1 Å². The fourth-order valence-corrected chi connectivity index (χ4v) is 7.94. The summed E-state index contributed by atoms with van der Waals surface area (Å²) in [5.41, 5.74) is 6.47. The molecule has 6 nitrogen and oxygen atoms in total. The topological polar surface area (TPSA) is 87.1 Å². The molecule has 3 heterocycles. The normalized spacial score (nSPS) is 24.9. The minimum Gasteiger partial charge on any atom is -0.507 e. The molecule has 1 aromatic heterocycles. The zero-order valence-electron chi connectivity index (χ0n) is 24.9. The Kier molecular flexibility index (Phi) is 8.93. The van der Waals surface area contributed by atoms with Gasteiger partial charge >= 0.3 is 7.12 Å². The van der Waals surface area contributed by atoms with Crippen LogP contribution in [0, 0.1) is 37.5 Å². The summed E-state index contributed by atoms with van der Waals surface area (Å²) in [6, 6.07) is 7.94. The number of phenols is 1. The van der Waals surface area contributed by atoms with Crippen molar-refractivity contribution >= 4 is 36.3 Å². The molecule has 0 saturated carbocycles. The largest absolute Gasteiger partial charge is 0.507 e. The van der Waals surface area contributed by atoms with Gasteiger partial charge in [0.15, 0.2) is 0 Å². The SMILES string of the molecule is CCC/C(=C\c1cc(C)c(O)c(C)c1)CC[C@H]1OB(O)C[C@H]2C1=C(C(C)C)C[C@H]1C(=O)N(Cc3cccs3)C(=O)[C@H]12. The van der Waals surface area contributed by atoms with Crippen molar-refractivity contribution in [2.75, 3.05) is 0 Å². The van der Waals surface area contributed by atoms with Crippen molar-refractivity contribution in [2.45, 2.75) is 85.7 Å². The van der Waals surface area contributed by atoms with Crippen molar-refractivity contribution in [3.63, 3.8) is 0 Å². The van der Waals surface area contributed by atoms with Crippen molar-refractivity contribution in [1.82, 2.24) is 4.90 Å². The van der Waals surface area contributed by atoms with Crippen LogP contribution in [0.5, 0.6) is 5.75 Å². The van der Waals surface area contributed by atoms with Gasteiger partial charge in [-0.1, -0.05) is 50.5 Å². The average molecular weight is 576 g/mol. The van der Waals surface area contributed by atoms with Crippen molar-refractivity contribution < 1.29 is 24.4 Å². The predicted molar refractivity (Wildman–Crippen MR) is 164 cm³/mol. The molecule has 2 aliphatic heterocycles. The summed E-state index contributed by atoms with van der Waals surface area (Å²) in [4.78, 5) is 29.8. The van der Waals surface area contributed by atoms with Crippen LogP contribution in [0.2, 0.25) is 6.32 Å². The number of nitrogens with zero attached hydrogens (tertiary/aromatic N) is 1. The maximum atomic E-state index is 13.8. The molecule has 2 N–H and O–H groups in total. The van der Waals surface area contributed by atoms with Gasteiger partial charge in [-0.2, -0.15) is 0 Å². The third kappa shape index (κ3) is 5.97. The number of amides is 2. The smallest absolute Gasteiger partial charge is 0.455 e. The quantitative estimate of drug-likeness (QED) is 0.198. The van der Waals surface area contributed by atoms with Crippen LogP contribution in [0.25, 0.3) is 6.08 Å². The van der Waals surface area contributed by atoms with Crippen molar-refractivity contribution in [3.8, 4) is 5.75 Å². The number of phenolic OH excluding ortho intramolecular Hbond substituents is 1. The Morgan fingerprint density at radius 3 is 2.54 bits per heavy atom. The monoisotopic (exact) mass is 575 g/mol. The van der Waals surface area contributed by atoms with E-state index in [0.717, 1.165) is 46.4 Å². The molecule has 0 unspecified atom stereocenters. The maximum absolute atomic E-state index is 13.8. The molecule has 41 heavy (non-hydrogen) atoms.